The van der Waals surface area contributed by atoms with Gasteiger partial charge in [-0.15, -0.1) is 0 Å². The summed E-state index contributed by atoms with van der Waals surface area (Å²) in [6, 6.07) is 16.6. The van der Waals surface area contributed by atoms with Crippen LogP contribution in [0.2, 0.25) is 10.0 Å². The summed E-state index contributed by atoms with van der Waals surface area (Å²) in [5.41, 5.74) is -2.07. The van der Waals surface area contributed by atoms with Crippen LogP contribution in [0.5, 0.6) is 0 Å². The number of halogens is 3. The zero-order valence-electron chi connectivity index (χ0n) is 21.5. The maximum Gasteiger partial charge on any atom is 0.257 e. The van der Waals surface area contributed by atoms with Gasteiger partial charge in [0.1, 0.15) is 5.82 Å². The molecule has 0 unspecified atom stereocenters. The van der Waals surface area contributed by atoms with Gasteiger partial charge in [0.05, 0.1) is 41.4 Å². The number of ether oxygens (including phenoxy) is 1. The Balaban J connectivity index is 1.77. The lowest BCUT2D eigenvalue weighted by atomic mass is 9.88. The Bertz CT molecular complexity index is 1490. The molecule has 3 aromatic rings. The molecule has 39 heavy (non-hydrogen) atoms. The number of hydrogen-bond acceptors (Lipinski definition) is 5. The van der Waals surface area contributed by atoms with Gasteiger partial charge in [0.15, 0.2) is 5.72 Å². The van der Waals surface area contributed by atoms with Crippen LogP contribution in [0.1, 0.15) is 64.9 Å². The molecule has 2 aliphatic rings. The van der Waals surface area contributed by atoms with E-state index in [0.717, 1.165) is 0 Å². The highest BCUT2D eigenvalue weighted by Gasteiger charge is 2.56. The first-order chi connectivity index (χ1) is 18.4. The van der Waals surface area contributed by atoms with E-state index in [4.69, 9.17) is 27.9 Å². The molecule has 0 bridgehead atoms. The minimum atomic E-state index is -1.75. The van der Waals surface area contributed by atoms with Crippen LogP contribution in [0, 0.1) is 22.6 Å². The number of carbonyl (C=O) groups excluding carboxylic acids is 1. The third-order valence-corrected chi connectivity index (χ3v) is 8.03. The number of nitriles is 1. The number of hydrogen-bond donors (Lipinski definition) is 2. The molecule has 1 heterocycles. The molecule has 3 aromatic carbocycles. The molecular formula is C30H27Cl2FN2O4. The summed E-state index contributed by atoms with van der Waals surface area (Å²) in [4.78, 5) is 15.6. The molecule has 9 heteroatoms. The average molecular weight is 569 g/mol. The van der Waals surface area contributed by atoms with Crippen molar-refractivity contribution >= 4 is 29.1 Å². The van der Waals surface area contributed by atoms with Crippen LogP contribution in [0.4, 0.5) is 4.39 Å². The Kier molecular flexibility index (Phi) is 6.99. The molecule has 202 valence electrons. The molecule has 0 aromatic heterocycles. The van der Waals surface area contributed by atoms with E-state index in [1.165, 1.54) is 30.9 Å². The zero-order valence-corrected chi connectivity index (χ0v) is 23.0. The molecular weight excluding hydrogens is 542 g/mol. The Hall–Kier alpha value is -2.99. The van der Waals surface area contributed by atoms with Crippen molar-refractivity contribution in [3.05, 3.63) is 104 Å². The highest BCUT2D eigenvalue weighted by atomic mass is 35.5. The molecule has 0 saturated heterocycles. The standard InChI is InChI=1S/C30H27Cl2FN2O4/c1-28(2,38)21-12-24-26(25(33)13-21)30(20-4-7-22(31)8-5-20,39-17-29(16-34)9-10-29)35(27(24)37)14-18-3-6-23(32)11-19(18)15-36/h3-8,11-13,36,38H,9-10,14-15,17H2,1-2H3/t30-/m1/s1. The maximum atomic E-state index is 16.2. The average Bonchev–Trinajstić information content (AvgIpc) is 3.64. The summed E-state index contributed by atoms with van der Waals surface area (Å²) in [6.07, 6.45) is 1.26. The molecule has 1 saturated carbocycles. The van der Waals surface area contributed by atoms with Crippen LogP contribution in [-0.2, 0) is 29.2 Å². The molecule has 5 rings (SSSR count). The Morgan fingerprint density at radius 1 is 1.08 bits per heavy atom. The van der Waals surface area contributed by atoms with Gasteiger partial charge in [0, 0.05) is 22.2 Å². The Morgan fingerprint density at radius 2 is 1.74 bits per heavy atom. The van der Waals surface area contributed by atoms with Crippen molar-refractivity contribution in [1.29, 1.82) is 5.26 Å². The predicted octanol–water partition coefficient (Wildman–Crippen LogP) is 6.03. The van der Waals surface area contributed by atoms with Gasteiger partial charge in [-0.25, -0.2) is 4.39 Å². The lowest BCUT2D eigenvalue weighted by molar-refractivity contribution is -0.122. The Morgan fingerprint density at radius 3 is 2.33 bits per heavy atom. The van der Waals surface area contributed by atoms with Gasteiger partial charge >= 0.3 is 0 Å². The van der Waals surface area contributed by atoms with E-state index in [1.807, 2.05) is 0 Å². The van der Waals surface area contributed by atoms with Gasteiger partial charge in [0.2, 0.25) is 0 Å². The van der Waals surface area contributed by atoms with Crippen molar-refractivity contribution in [2.45, 2.75) is 51.2 Å². The SMILES string of the molecule is CC(C)(O)c1cc(F)c2c(c1)C(=O)N(Cc1ccc(Cl)cc1CO)[C@@]2(OCC1(C#N)CC1)c1ccc(Cl)cc1. The summed E-state index contributed by atoms with van der Waals surface area (Å²) in [6.45, 7) is 2.61. The van der Waals surface area contributed by atoms with Gasteiger partial charge in [-0.1, -0.05) is 41.4 Å². The van der Waals surface area contributed by atoms with E-state index in [-0.39, 0.29) is 36.4 Å². The second kappa shape index (κ2) is 9.88. The quantitative estimate of drug-likeness (QED) is 0.346. The second-order valence-corrected chi connectivity index (χ2v) is 11.6. The van der Waals surface area contributed by atoms with Crippen LogP contribution in [-0.4, -0.2) is 27.6 Å². The van der Waals surface area contributed by atoms with Crippen molar-refractivity contribution in [3.63, 3.8) is 0 Å². The maximum absolute atomic E-state index is 16.2. The van der Waals surface area contributed by atoms with Crippen LogP contribution in [0.25, 0.3) is 0 Å². The minimum absolute atomic E-state index is 0.00363. The fourth-order valence-corrected chi connectivity index (χ4v) is 5.36. The summed E-state index contributed by atoms with van der Waals surface area (Å²) in [5.74, 6) is -1.25. The first-order valence-electron chi connectivity index (χ1n) is 12.5. The third-order valence-electron chi connectivity index (χ3n) is 7.54. The molecule has 6 nitrogen and oxygen atoms in total. The van der Waals surface area contributed by atoms with Gasteiger partial charge in [-0.3, -0.25) is 9.69 Å². The lowest BCUT2D eigenvalue weighted by Crippen LogP contribution is -2.48. The number of fused-ring (bicyclic) bond motifs is 1. The van der Waals surface area contributed by atoms with E-state index in [9.17, 15) is 20.3 Å². The van der Waals surface area contributed by atoms with Crippen LogP contribution in [0.15, 0.2) is 54.6 Å². The van der Waals surface area contributed by atoms with Crippen molar-refractivity contribution < 1.29 is 24.1 Å². The first-order valence-corrected chi connectivity index (χ1v) is 13.3. The van der Waals surface area contributed by atoms with Gasteiger partial charge < -0.3 is 14.9 Å². The first kappa shape index (κ1) is 27.6. The fourth-order valence-electron chi connectivity index (χ4n) is 5.04. The van der Waals surface area contributed by atoms with Gasteiger partial charge in [-0.05, 0) is 79.8 Å². The van der Waals surface area contributed by atoms with E-state index in [1.54, 1.807) is 42.5 Å². The van der Waals surface area contributed by atoms with E-state index < -0.39 is 28.5 Å². The monoisotopic (exact) mass is 568 g/mol. The summed E-state index contributed by atoms with van der Waals surface area (Å²) >= 11 is 12.3. The van der Waals surface area contributed by atoms with Crippen molar-refractivity contribution in [1.82, 2.24) is 4.90 Å². The third kappa shape index (κ3) is 4.82. The highest BCUT2D eigenvalue weighted by molar-refractivity contribution is 6.30. The molecule has 1 aliphatic heterocycles. The molecule has 1 aliphatic carbocycles. The summed E-state index contributed by atoms with van der Waals surface area (Å²) in [5, 5.41) is 31.3. The van der Waals surface area contributed by atoms with Crippen LogP contribution >= 0.6 is 23.2 Å². The molecule has 0 spiro atoms. The Labute approximate surface area is 236 Å². The van der Waals surface area contributed by atoms with Crippen molar-refractivity contribution in [3.8, 4) is 6.07 Å². The highest BCUT2D eigenvalue weighted by Crippen LogP contribution is 2.52. The van der Waals surface area contributed by atoms with Crippen molar-refractivity contribution in [2.75, 3.05) is 6.61 Å². The lowest BCUT2D eigenvalue weighted by Gasteiger charge is -2.40. The summed E-state index contributed by atoms with van der Waals surface area (Å²) < 4.78 is 22.8. The molecule has 0 radical (unpaired) electrons. The number of nitrogens with zero attached hydrogens (tertiary/aromatic N) is 2. The minimum Gasteiger partial charge on any atom is -0.392 e. The zero-order chi connectivity index (χ0) is 28.2. The van der Waals surface area contributed by atoms with Gasteiger partial charge in [-0.2, -0.15) is 5.26 Å². The fraction of sp³-hybridized carbons (Fsp3) is 0.333. The normalized spacial score (nSPS) is 19.6. The topological polar surface area (TPSA) is 93.8 Å². The number of amides is 1. The largest absolute Gasteiger partial charge is 0.392 e. The number of rotatable bonds is 8. The second-order valence-electron chi connectivity index (χ2n) is 10.7. The van der Waals surface area contributed by atoms with E-state index in [0.29, 0.717) is 39.6 Å². The predicted molar refractivity (Wildman–Crippen MR) is 144 cm³/mol. The molecule has 1 fully saturated rings. The van der Waals surface area contributed by atoms with E-state index in [2.05, 4.69) is 6.07 Å². The van der Waals surface area contributed by atoms with Gasteiger partial charge in [0.25, 0.3) is 5.91 Å². The number of aliphatic hydroxyl groups excluding tert-OH is 1. The molecule has 2 N–H and O–H groups in total. The van der Waals surface area contributed by atoms with E-state index >= 15 is 4.39 Å². The summed E-state index contributed by atoms with van der Waals surface area (Å²) in [7, 11) is 0. The molecule has 1 atom stereocenters. The number of carbonyl (C=O) groups is 1. The van der Waals surface area contributed by atoms with Crippen molar-refractivity contribution in [2.24, 2.45) is 5.41 Å². The van der Waals surface area contributed by atoms with Crippen LogP contribution < -0.4 is 0 Å². The molecule has 1 amide bonds. The van der Waals surface area contributed by atoms with Crippen LogP contribution in [0.3, 0.4) is 0 Å². The number of benzene rings is 3. The smallest absolute Gasteiger partial charge is 0.257 e. The number of aliphatic hydroxyl groups is 2.